The van der Waals surface area contributed by atoms with E-state index in [0.29, 0.717) is 4.75 Å². The lowest BCUT2D eigenvalue weighted by Gasteiger charge is -2.24. The fourth-order valence-corrected chi connectivity index (χ4v) is 1.41. The van der Waals surface area contributed by atoms with Crippen molar-refractivity contribution < 1.29 is 0 Å². The first-order valence-electron chi connectivity index (χ1n) is 4.10. The topological polar surface area (TPSA) is 12.0 Å². The van der Waals surface area contributed by atoms with E-state index in [2.05, 4.69) is 46.9 Å². The monoisotopic (exact) mass is 175 g/mol. The predicted octanol–water partition coefficient (Wildman–Crippen LogP) is 2.86. The molecule has 0 atom stereocenters. The van der Waals surface area contributed by atoms with E-state index in [1.54, 1.807) is 0 Å². The van der Waals surface area contributed by atoms with Gasteiger partial charge in [0.05, 0.1) is 0 Å². The van der Waals surface area contributed by atoms with Crippen LogP contribution >= 0.6 is 11.8 Å². The van der Waals surface area contributed by atoms with Crippen LogP contribution in [0.4, 0.5) is 0 Å². The largest absolute Gasteiger partial charge is 0.303 e. The van der Waals surface area contributed by atoms with Gasteiger partial charge in [0, 0.05) is 16.2 Å². The Hall–Kier alpha value is 0.310. The highest BCUT2D eigenvalue weighted by molar-refractivity contribution is 8.00. The fourth-order valence-electron chi connectivity index (χ4n) is 0.469. The van der Waals surface area contributed by atoms with E-state index in [9.17, 15) is 0 Å². The van der Waals surface area contributed by atoms with Crippen molar-refractivity contribution in [1.82, 2.24) is 5.32 Å². The number of hydrogen-bond donors (Lipinski definition) is 1. The molecule has 0 fully saturated rings. The van der Waals surface area contributed by atoms with Crippen LogP contribution in [0.5, 0.6) is 0 Å². The molecule has 0 saturated heterocycles. The Morgan fingerprint density at radius 2 is 1.45 bits per heavy atom. The summed E-state index contributed by atoms with van der Waals surface area (Å²) < 4.78 is 0.373. The molecule has 0 aromatic carbocycles. The SMILES string of the molecule is CC(C)(C)NCSC(C)(C)C. The van der Waals surface area contributed by atoms with E-state index in [1.165, 1.54) is 0 Å². The quantitative estimate of drug-likeness (QED) is 0.648. The third-order valence-corrected chi connectivity index (χ3v) is 2.26. The van der Waals surface area contributed by atoms with E-state index in [4.69, 9.17) is 0 Å². The Morgan fingerprint density at radius 1 is 1.00 bits per heavy atom. The van der Waals surface area contributed by atoms with Crippen molar-refractivity contribution in [2.24, 2.45) is 0 Å². The molecule has 0 amide bonds. The summed E-state index contributed by atoms with van der Waals surface area (Å²) >= 11 is 1.95. The third kappa shape index (κ3) is 10.3. The molecule has 0 spiro atoms. The average molecular weight is 175 g/mol. The second-order valence-corrected chi connectivity index (χ2v) is 6.63. The van der Waals surface area contributed by atoms with Gasteiger partial charge < -0.3 is 5.32 Å². The average Bonchev–Trinajstić information content (AvgIpc) is 1.55. The molecule has 0 bridgehead atoms. The van der Waals surface area contributed by atoms with Crippen LogP contribution in [0.15, 0.2) is 0 Å². The highest BCUT2D eigenvalue weighted by Crippen LogP contribution is 2.22. The molecule has 0 aromatic rings. The smallest absolute Gasteiger partial charge is 0.0427 e. The normalized spacial score (nSPS) is 13.6. The van der Waals surface area contributed by atoms with E-state index in [-0.39, 0.29) is 5.54 Å². The second-order valence-electron chi connectivity index (χ2n) is 4.83. The van der Waals surface area contributed by atoms with Crippen LogP contribution in [-0.4, -0.2) is 16.2 Å². The van der Waals surface area contributed by atoms with Gasteiger partial charge in [0.25, 0.3) is 0 Å². The van der Waals surface area contributed by atoms with Gasteiger partial charge in [0.2, 0.25) is 0 Å². The minimum Gasteiger partial charge on any atom is -0.303 e. The van der Waals surface area contributed by atoms with Gasteiger partial charge in [-0.05, 0) is 20.8 Å². The van der Waals surface area contributed by atoms with Crippen LogP contribution in [-0.2, 0) is 0 Å². The summed E-state index contributed by atoms with van der Waals surface area (Å²) in [5, 5.41) is 3.44. The molecule has 0 aliphatic rings. The maximum absolute atomic E-state index is 3.44. The Labute approximate surface area is 75.3 Å². The van der Waals surface area contributed by atoms with Crippen molar-refractivity contribution in [1.29, 1.82) is 0 Å². The molecule has 0 aliphatic carbocycles. The first-order chi connectivity index (χ1) is 4.71. The maximum atomic E-state index is 3.44. The van der Waals surface area contributed by atoms with E-state index in [0.717, 1.165) is 5.88 Å². The summed E-state index contributed by atoms with van der Waals surface area (Å²) in [5.74, 6) is 1.03. The van der Waals surface area contributed by atoms with Crippen molar-refractivity contribution in [2.75, 3.05) is 5.88 Å². The molecular weight excluding hydrogens is 154 g/mol. The zero-order chi connectivity index (χ0) is 9.12. The third-order valence-electron chi connectivity index (χ3n) is 1.11. The first-order valence-corrected chi connectivity index (χ1v) is 5.08. The Kier molecular flexibility index (Phi) is 3.92. The van der Waals surface area contributed by atoms with Crippen molar-refractivity contribution in [2.45, 2.75) is 51.8 Å². The standard InChI is InChI=1S/C9H21NS/c1-8(2,3)10-7-11-9(4,5)6/h10H,7H2,1-6H3. The number of rotatable bonds is 2. The second kappa shape index (κ2) is 3.81. The summed E-state index contributed by atoms with van der Waals surface area (Å²) in [6, 6.07) is 0. The van der Waals surface area contributed by atoms with Crippen LogP contribution in [0.1, 0.15) is 41.5 Å². The van der Waals surface area contributed by atoms with Gasteiger partial charge in [0.15, 0.2) is 0 Å². The molecule has 0 saturated carbocycles. The van der Waals surface area contributed by atoms with E-state index in [1.807, 2.05) is 11.8 Å². The zero-order valence-corrected chi connectivity index (χ0v) is 9.43. The Morgan fingerprint density at radius 3 is 1.73 bits per heavy atom. The lowest BCUT2D eigenvalue weighted by Crippen LogP contribution is -2.36. The summed E-state index contributed by atoms with van der Waals surface area (Å²) in [4.78, 5) is 0. The molecule has 0 aromatic heterocycles. The van der Waals surface area contributed by atoms with Gasteiger partial charge >= 0.3 is 0 Å². The van der Waals surface area contributed by atoms with Crippen LogP contribution in [0.25, 0.3) is 0 Å². The van der Waals surface area contributed by atoms with Crippen LogP contribution in [0.3, 0.4) is 0 Å². The molecule has 1 N–H and O–H groups in total. The van der Waals surface area contributed by atoms with Gasteiger partial charge in [-0.2, -0.15) is 0 Å². The Bertz CT molecular complexity index is 93.7. The number of nitrogens with one attached hydrogen (secondary N) is 1. The lowest BCUT2D eigenvalue weighted by atomic mass is 10.1. The maximum Gasteiger partial charge on any atom is 0.0427 e. The highest BCUT2D eigenvalue weighted by Gasteiger charge is 2.13. The van der Waals surface area contributed by atoms with E-state index < -0.39 is 0 Å². The van der Waals surface area contributed by atoms with Crippen molar-refractivity contribution >= 4 is 11.8 Å². The molecule has 0 aliphatic heterocycles. The summed E-state index contributed by atoms with van der Waals surface area (Å²) in [5.41, 5.74) is 0.248. The predicted molar refractivity (Wildman–Crippen MR) is 55.1 cm³/mol. The van der Waals surface area contributed by atoms with Gasteiger partial charge in [0.1, 0.15) is 0 Å². The van der Waals surface area contributed by atoms with Crippen LogP contribution < -0.4 is 5.32 Å². The van der Waals surface area contributed by atoms with Gasteiger partial charge in [-0.1, -0.05) is 20.8 Å². The minimum absolute atomic E-state index is 0.248. The number of hydrogen-bond acceptors (Lipinski definition) is 2. The lowest BCUT2D eigenvalue weighted by molar-refractivity contribution is 0.460. The molecule has 0 heterocycles. The zero-order valence-electron chi connectivity index (χ0n) is 8.62. The van der Waals surface area contributed by atoms with Crippen LogP contribution in [0, 0.1) is 0 Å². The van der Waals surface area contributed by atoms with Crippen LogP contribution in [0.2, 0.25) is 0 Å². The highest BCUT2D eigenvalue weighted by atomic mass is 32.2. The van der Waals surface area contributed by atoms with Crippen molar-refractivity contribution in [3.8, 4) is 0 Å². The van der Waals surface area contributed by atoms with Gasteiger partial charge in [-0.25, -0.2) is 0 Å². The summed E-state index contributed by atoms with van der Waals surface area (Å²) in [6.07, 6.45) is 0. The van der Waals surface area contributed by atoms with Crippen molar-refractivity contribution in [3.05, 3.63) is 0 Å². The molecular formula is C9H21NS. The molecule has 68 valence electrons. The molecule has 0 radical (unpaired) electrons. The molecule has 1 nitrogen and oxygen atoms in total. The van der Waals surface area contributed by atoms with E-state index >= 15 is 0 Å². The molecule has 11 heavy (non-hydrogen) atoms. The van der Waals surface area contributed by atoms with Gasteiger partial charge in [-0.3, -0.25) is 0 Å². The summed E-state index contributed by atoms with van der Waals surface area (Å²) in [7, 11) is 0. The summed E-state index contributed by atoms with van der Waals surface area (Å²) in [6.45, 7) is 13.3. The molecule has 0 rings (SSSR count). The first kappa shape index (κ1) is 11.3. The molecule has 2 heteroatoms. The minimum atomic E-state index is 0.248. The van der Waals surface area contributed by atoms with Gasteiger partial charge in [-0.15, -0.1) is 11.8 Å². The fraction of sp³-hybridized carbons (Fsp3) is 1.00. The Balaban J connectivity index is 3.44. The number of thioether (sulfide) groups is 1. The van der Waals surface area contributed by atoms with Crippen molar-refractivity contribution in [3.63, 3.8) is 0 Å². The molecule has 0 unspecified atom stereocenters.